The molecule has 2 aromatic heterocycles. The van der Waals surface area contributed by atoms with Gasteiger partial charge in [0.2, 0.25) is 11.1 Å². The van der Waals surface area contributed by atoms with Gasteiger partial charge in [-0.25, -0.2) is 4.68 Å². The second-order valence-corrected chi connectivity index (χ2v) is 10.3. The average Bonchev–Trinajstić information content (AvgIpc) is 3.40. The highest BCUT2D eigenvalue weighted by Crippen LogP contribution is 2.39. The fourth-order valence-electron chi connectivity index (χ4n) is 3.74. The summed E-state index contributed by atoms with van der Waals surface area (Å²) in [4.78, 5) is 27.1. The molecular weight excluding hydrogens is 468 g/mol. The van der Waals surface area contributed by atoms with E-state index in [4.69, 9.17) is 11.6 Å². The molecule has 0 spiro atoms. The molecule has 32 heavy (non-hydrogen) atoms. The summed E-state index contributed by atoms with van der Waals surface area (Å²) in [6.07, 6.45) is 6.05. The Kier molecular flexibility index (Phi) is 6.16. The monoisotopic (exact) mass is 488 g/mol. The number of nitrogens with zero attached hydrogens (tertiary/aromatic N) is 4. The number of amides is 2. The molecule has 3 aromatic rings. The number of thiophene rings is 1. The van der Waals surface area contributed by atoms with Crippen LogP contribution in [0.25, 0.3) is 0 Å². The fourth-order valence-corrected chi connectivity index (χ4v) is 5.92. The summed E-state index contributed by atoms with van der Waals surface area (Å²) in [7, 11) is 0. The van der Waals surface area contributed by atoms with Crippen molar-refractivity contribution in [3.05, 3.63) is 45.3 Å². The van der Waals surface area contributed by atoms with E-state index >= 15 is 0 Å². The molecule has 1 saturated carbocycles. The first-order chi connectivity index (χ1) is 15.6. The summed E-state index contributed by atoms with van der Waals surface area (Å²) in [5, 5.41) is 19.5. The number of tetrazole rings is 1. The number of aryl methyl sites for hydroxylation is 1. The maximum atomic E-state index is 13.2. The van der Waals surface area contributed by atoms with Crippen molar-refractivity contribution in [3.63, 3.8) is 0 Å². The second-order valence-electron chi connectivity index (χ2n) is 7.85. The molecule has 2 amide bonds. The summed E-state index contributed by atoms with van der Waals surface area (Å²) in [5.41, 5.74) is 2.28. The van der Waals surface area contributed by atoms with Gasteiger partial charge in [0.15, 0.2) is 0 Å². The normalized spacial score (nSPS) is 15.3. The first-order valence-corrected chi connectivity index (χ1v) is 12.7. The second kappa shape index (κ2) is 9.21. The lowest BCUT2D eigenvalue weighted by molar-refractivity contribution is -0.113. The molecule has 2 N–H and O–H groups in total. The highest BCUT2D eigenvalue weighted by molar-refractivity contribution is 7.99. The van der Waals surface area contributed by atoms with E-state index in [1.807, 2.05) is 0 Å². The van der Waals surface area contributed by atoms with Gasteiger partial charge in [-0.3, -0.25) is 9.59 Å². The lowest BCUT2D eigenvalue weighted by Crippen LogP contribution is -2.19. The number of benzene rings is 1. The first kappa shape index (κ1) is 21.4. The topological polar surface area (TPSA) is 102 Å². The van der Waals surface area contributed by atoms with Gasteiger partial charge in [-0.2, -0.15) is 0 Å². The number of halogens is 1. The van der Waals surface area contributed by atoms with E-state index in [-0.39, 0.29) is 17.6 Å². The third-order valence-electron chi connectivity index (χ3n) is 5.44. The Morgan fingerprint density at radius 1 is 1.16 bits per heavy atom. The van der Waals surface area contributed by atoms with E-state index in [1.165, 1.54) is 28.0 Å². The van der Waals surface area contributed by atoms with Crippen LogP contribution in [0.5, 0.6) is 0 Å². The molecule has 0 aliphatic heterocycles. The van der Waals surface area contributed by atoms with Crippen LogP contribution in [0.15, 0.2) is 29.4 Å². The molecule has 2 aliphatic carbocycles. The van der Waals surface area contributed by atoms with Crippen molar-refractivity contribution in [1.82, 2.24) is 20.2 Å². The van der Waals surface area contributed by atoms with Crippen molar-refractivity contribution >= 4 is 57.2 Å². The van der Waals surface area contributed by atoms with Crippen LogP contribution in [0.3, 0.4) is 0 Å². The van der Waals surface area contributed by atoms with Crippen LogP contribution in [0.4, 0.5) is 10.7 Å². The Bertz CT molecular complexity index is 1160. The molecule has 1 aromatic carbocycles. The van der Waals surface area contributed by atoms with Crippen LogP contribution >= 0.6 is 34.7 Å². The molecule has 0 radical (unpaired) electrons. The van der Waals surface area contributed by atoms with Crippen LogP contribution in [-0.2, 0) is 17.6 Å². The number of rotatable bonds is 7. The maximum absolute atomic E-state index is 13.2. The minimum absolute atomic E-state index is 0.175. The Balaban J connectivity index is 1.32. The molecule has 166 valence electrons. The molecule has 11 heteroatoms. The van der Waals surface area contributed by atoms with E-state index < -0.39 is 0 Å². The Labute approximate surface area is 198 Å². The summed E-state index contributed by atoms with van der Waals surface area (Å²) < 4.78 is 1.78. The number of fused-ring (bicyclic) bond motifs is 1. The fraction of sp³-hybridized carbons (Fsp3) is 0.381. The van der Waals surface area contributed by atoms with Gasteiger partial charge >= 0.3 is 0 Å². The third kappa shape index (κ3) is 4.67. The highest BCUT2D eigenvalue weighted by atomic mass is 35.5. The zero-order valence-corrected chi connectivity index (χ0v) is 19.5. The van der Waals surface area contributed by atoms with E-state index in [0.29, 0.717) is 32.5 Å². The summed E-state index contributed by atoms with van der Waals surface area (Å²) >= 11 is 8.76. The summed E-state index contributed by atoms with van der Waals surface area (Å²) in [6.45, 7) is 0. The van der Waals surface area contributed by atoms with Gasteiger partial charge in [-0.1, -0.05) is 23.4 Å². The van der Waals surface area contributed by atoms with Crippen molar-refractivity contribution < 1.29 is 9.59 Å². The van der Waals surface area contributed by atoms with Gasteiger partial charge in [-0.15, -0.1) is 16.4 Å². The molecule has 0 saturated heterocycles. The number of thioether (sulfide) groups is 1. The number of nitrogens with one attached hydrogen (secondary N) is 2. The van der Waals surface area contributed by atoms with Gasteiger partial charge in [0, 0.05) is 15.6 Å². The molecule has 0 unspecified atom stereocenters. The molecule has 2 aliphatic rings. The number of carbonyl (C=O) groups is 2. The lowest BCUT2D eigenvalue weighted by Gasteiger charge is -2.13. The number of hydrogen-bond acceptors (Lipinski definition) is 7. The van der Waals surface area contributed by atoms with Crippen LogP contribution in [0, 0.1) is 0 Å². The van der Waals surface area contributed by atoms with Crippen molar-refractivity contribution in [2.75, 3.05) is 16.4 Å². The first-order valence-electron chi connectivity index (χ1n) is 10.5. The van der Waals surface area contributed by atoms with E-state index in [0.717, 1.165) is 44.1 Å². The number of hydrogen-bond donors (Lipinski definition) is 2. The van der Waals surface area contributed by atoms with Crippen molar-refractivity contribution in [2.45, 2.75) is 49.7 Å². The number of aromatic nitrogens is 4. The standard InChI is InChI=1S/C21H21ClN6O2S2/c22-12-5-7-13(8-6-12)23-19(30)18-15-3-1-2-4-16(15)32-20(18)24-17(29)11-31-21-25-26-27-28(21)14-9-10-14/h5-8,14H,1-4,9-11H2,(H,23,30)(H,24,29). The minimum Gasteiger partial charge on any atom is -0.322 e. The summed E-state index contributed by atoms with van der Waals surface area (Å²) in [6, 6.07) is 7.34. The molecule has 8 nitrogen and oxygen atoms in total. The average molecular weight is 489 g/mol. The van der Waals surface area contributed by atoms with E-state index in [2.05, 4.69) is 26.2 Å². The van der Waals surface area contributed by atoms with Crippen LogP contribution in [-0.4, -0.2) is 37.8 Å². The van der Waals surface area contributed by atoms with Crippen molar-refractivity contribution in [3.8, 4) is 0 Å². The van der Waals surface area contributed by atoms with Gasteiger partial charge in [-0.05, 0) is 78.8 Å². The van der Waals surface area contributed by atoms with Crippen LogP contribution in [0.2, 0.25) is 5.02 Å². The van der Waals surface area contributed by atoms with E-state index in [1.54, 1.807) is 28.9 Å². The highest BCUT2D eigenvalue weighted by Gasteiger charge is 2.29. The summed E-state index contributed by atoms with van der Waals surface area (Å²) in [5.74, 6) is -0.222. The van der Waals surface area contributed by atoms with Crippen molar-refractivity contribution in [2.24, 2.45) is 0 Å². The van der Waals surface area contributed by atoms with Gasteiger partial charge in [0.25, 0.3) is 5.91 Å². The Morgan fingerprint density at radius 2 is 1.94 bits per heavy atom. The Morgan fingerprint density at radius 3 is 2.72 bits per heavy atom. The predicted molar refractivity (Wildman–Crippen MR) is 126 cm³/mol. The van der Waals surface area contributed by atoms with Gasteiger partial charge in [0.1, 0.15) is 5.00 Å². The third-order valence-corrected chi connectivity index (χ3v) is 7.83. The SMILES string of the molecule is O=C(CSc1nnnn1C1CC1)Nc1sc2c(c1C(=O)Nc1ccc(Cl)cc1)CCCC2. The largest absolute Gasteiger partial charge is 0.322 e. The Hall–Kier alpha value is -2.43. The molecule has 0 bridgehead atoms. The number of carbonyl (C=O) groups excluding carboxylic acids is 2. The molecule has 1 fully saturated rings. The maximum Gasteiger partial charge on any atom is 0.258 e. The molecular formula is C21H21ClN6O2S2. The van der Waals surface area contributed by atoms with E-state index in [9.17, 15) is 9.59 Å². The zero-order valence-electron chi connectivity index (χ0n) is 17.1. The zero-order chi connectivity index (χ0) is 22.1. The molecule has 2 heterocycles. The van der Waals surface area contributed by atoms with Crippen LogP contribution < -0.4 is 10.6 Å². The lowest BCUT2D eigenvalue weighted by atomic mass is 9.95. The van der Waals surface area contributed by atoms with Crippen molar-refractivity contribution in [1.29, 1.82) is 0 Å². The van der Waals surface area contributed by atoms with Gasteiger partial charge in [0.05, 0.1) is 17.4 Å². The smallest absolute Gasteiger partial charge is 0.258 e. The van der Waals surface area contributed by atoms with Crippen LogP contribution in [0.1, 0.15) is 52.5 Å². The quantitative estimate of drug-likeness (QED) is 0.472. The molecule has 0 atom stereocenters. The minimum atomic E-state index is -0.215. The number of anilines is 2. The predicted octanol–water partition coefficient (Wildman–Crippen LogP) is 4.58. The van der Waals surface area contributed by atoms with Gasteiger partial charge < -0.3 is 10.6 Å². The molecule has 5 rings (SSSR count).